The highest BCUT2D eigenvalue weighted by Gasteiger charge is 2.13. The van der Waals surface area contributed by atoms with Crippen molar-refractivity contribution in [2.45, 2.75) is 10.8 Å². The summed E-state index contributed by atoms with van der Waals surface area (Å²) in [5.41, 5.74) is 2.99. The van der Waals surface area contributed by atoms with Crippen LogP contribution in [-0.2, 0) is 5.75 Å². The minimum absolute atomic E-state index is 0.758. The fourth-order valence-corrected chi connectivity index (χ4v) is 5.28. The number of thioether (sulfide) groups is 1. The third-order valence-electron chi connectivity index (χ3n) is 3.76. The van der Waals surface area contributed by atoms with Crippen molar-refractivity contribution in [1.82, 2.24) is 15.0 Å². The van der Waals surface area contributed by atoms with Gasteiger partial charge in [-0.25, -0.2) is 15.0 Å². The fourth-order valence-electron chi connectivity index (χ4n) is 2.48. The molecule has 3 heterocycles. The number of methoxy groups -OCH3 is 2. The molecule has 0 aliphatic rings. The van der Waals surface area contributed by atoms with E-state index in [1.54, 1.807) is 55.0 Å². The molecule has 4 aromatic rings. The third-order valence-corrected chi connectivity index (χ3v) is 6.75. The summed E-state index contributed by atoms with van der Waals surface area (Å²) >= 11 is 4.96. The molecule has 0 saturated carbocycles. The van der Waals surface area contributed by atoms with Gasteiger partial charge in [0.25, 0.3) is 0 Å². The minimum atomic E-state index is 0.758. The Morgan fingerprint density at radius 2 is 2.00 bits per heavy atom. The van der Waals surface area contributed by atoms with Crippen molar-refractivity contribution in [2.24, 2.45) is 0 Å². The molecule has 0 aliphatic heterocycles. The quantitative estimate of drug-likeness (QED) is 0.330. The second-order valence-electron chi connectivity index (χ2n) is 5.31. The Kier molecular flexibility index (Phi) is 5.05. The van der Waals surface area contributed by atoms with Crippen LogP contribution in [0, 0.1) is 0 Å². The van der Waals surface area contributed by atoms with E-state index in [2.05, 4.69) is 15.3 Å². The standard InChI is InChI=1S/C18H15N3O2S3/c1-22-12-3-4-13(15(7-12)23-2)17-21-11(8-25-17)9-26-18-16-14(5-6-24-16)19-10-20-18/h3-8,10H,9H2,1-2H3. The molecule has 26 heavy (non-hydrogen) atoms. The van der Waals surface area contributed by atoms with Gasteiger partial charge in [0.1, 0.15) is 27.9 Å². The van der Waals surface area contributed by atoms with Gasteiger partial charge in [-0.05, 0) is 23.6 Å². The van der Waals surface area contributed by atoms with Gasteiger partial charge < -0.3 is 9.47 Å². The van der Waals surface area contributed by atoms with Crippen LogP contribution in [0.5, 0.6) is 11.5 Å². The van der Waals surface area contributed by atoms with Crippen molar-refractivity contribution in [3.05, 3.63) is 47.0 Å². The first-order valence-electron chi connectivity index (χ1n) is 7.76. The van der Waals surface area contributed by atoms with Gasteiger partial charge in [0.05, 0.1) is 35.7 Å². The van der Waals surface area contributed by atoms with Gasteiger partial charge in [0.2, 0.25) is 0 Å². The second-order valence-corrected chi connectivity index (χ2v) is 8.05. The van der Waals surface area contributed by atoms with Crippen LogP contribution in [0.15, 0.2) is 46.4 Å². The zero-order valence-electron chi connectivity index (χ0n) is 14.1. The van der Waals surface area contributed by atoms with Gasteiger partial charge >= 0.3 is 0 Å². The molecule has 0 N–H and O–H groups in total. The van der Waals surface area contributed by atoms with E-state index in [-0.39, 0.29) is 0 Å². The number of nitrogens with zero attached hydrogens (tertiary/aromatic N) is 3. The van der Waals surface area contributed by atoms with Gasteiger partial charge in [-0.3, -0.25) is 0 Å². The number of thiazole rings is 1. The molecule has 132 valence electrons. The van der Waals surface area contributed by atoms with E-state index in [0.717, 1.165) is 48.8 Å². The number of benzene rings is 1. The van der Waals surface area contributed by atoms with Crippen LogP contribution in [-0.4, -0.2) is 29.2 Å². The average Bonchev–Trinajstić information content (AvgIpc) is 3.35. The van der Waals surface area contributed by atoms with Crippen LogP contribution in [0.3, 0.4) is 0 Å². The van der Waals surface area contributed by atoms with Crippen LogP contribution < -0.4 is 9.47 Å². The molecule has 0 unspecified atom stereocenters. The molecule has 0 radical (unpaired) electrons. The van der Waals surface area contributed by atoms with Crippen LogP contribution in [0.2, 0.25) is 0 Å². The largest absolute Gasteiger partial charge is 0.497 e. The summed E-state index contributed by atoms with van der Waals surface area (Å²) in [5, 5.41) is 6.06. The zero-order chi connectivity index (χ0) is 17.9. The van der Waals surface area contributed by atoms with E-state index in [1.807, 2.05) is 29.6 Å². The number of thiophene rings is 1. The van der Waals surface area contributed by atoms with E-state index in [0.29, 0.717) is 0 Å². The molecule has 8 heteroatoms. The van der Waals surface area contributed by atoms with Gasteiger partial charge in [-0.2, -0.15) is 0 Å². The second kappa shape index (κ2) is 7.61. The predicted molar refractivity (Wildman–Crippen MR) is 108 cm³/mol. The smallest absolute Gasteiger partial charge is 0.132 e. The summed E-state index contributed by atoms with van der Waals surface area (Å²) in [6.07, 6.45) is 1.62. The molecule has 0 spiro atoms. The Morgan fingerprint density at radius 1 is 1.08 bits per heavy atom. The lowest BCUT2D eigenvalue weighted by Crippen LogP contribution is -1.90. The number of rotatable bonds is 6. The molecule has 0 atom stereocenters. The maximum absolute atomic E-state index is 5.49. The van der Waals surface area contributed by atoms with E-state index >= 15 is 0 Å². The van der Waals surface area contributed by atoms with Crippen LogP contribution in [0.1, 0.15) is 5.69 Å². The molecule has 3 aromatic heterocycles. The Bertz CT molecular complexity index is 1050. The van der Waals surface area contributed by atoms with E-state index < -0.39 is 0 Å². The Hall–Kier alpha value is -2.16. The van der Waals surface area contributed by atoms with Gasteiger partial charge in [0.15, 0.2) is 0 Å². The number of aromatic nitrogens is 3. The monoisotopic (exact) mass is 401 g/mol. The van der Waals surface area contributed by atoms with Crippen molar-refractivity contribution in [1.29, 1.82) is 0 Å². The molecule has 1 aromatic carbocycles. The first-order chi connectivity index (χ1) is 12.8. The highest BCUT2D eigenvalue weighted by molar-refractivity contribution is 7.98. The van der Waals surface area contributed by atoms with Crippen LogP contribution >= 0.6 is 34.4 Å². The van der Waals surface area contributed by atoms with Crippen molar-refractivity contribution in [3.63, 3.8) is 0 Å². The van der Waals surface area contributed by atoms with Gasteiger partial charge in [0, 0.05) is 17.2 Å². The van der Waals surface area contributed by atoms with Crippen molar-refractivity contribution in [3.8, 4) is 22.1 Å². The zero-order valence-corrected chi connectivity index (χ0v) is 16.6. The number of ether oxygens (including phenoxy) is 2. The molecule has 5 nitrogen and oxygen atoms in total. The molecule has 0 amide bonds. The Morgan fingerprint density at radius 3 is 2.85 bits per heavy atom. The average molecular weight is 402 g/mol. The summed E-state index contributed by atoms with van der Waals surface area (Å²) in [6, 6.07) is 7.79. The molecule has 0 saturated heterocycles. The normalized spacial score (nSPS) is 11.0. The third kappa shape index (κ3) is 3.40. The van der Waals surface area contributed by atoms with Crippen molar-refractivity contribution < 1.29 is 9.47 Å². The highest BCUT2D eigenvalue weighted by Crippen LogP contribution is 2.36. The van der Waals surface area contributed by atoms with Gasteiger partial charge in [-0.1, -0.05) is 11.8 Å². The Labute approximate surface area is 163 Å². The molecule has 0 fully saturated rings. The van der Waals surface area contributed by atoms with Crippen molar-refractivity contribution >= 4 is 44.7 Å². The molecule has 4 rings (SSSR count). The topological polar surface area (TPSA) is 57.1 Å². The van der Waals surface area contributed by atoms with Crippen LogP contribution in [0.4, 0.5) is 0 Å². The van der Waals surface area contributed by atoms with E-state index in [9.17, 15) is 0 Å². The summed E-state index contributed by atoms with van der Waals surface area (Å²) in [4.78, 5) is 13.5. The number of hydrogen-bond acceptors (Lipinski definition) is 8. The molecule has 0 bridgehead atoms. The first-order valence-corrected chi connectivity index (χ1v) is 10.5. The Balaban J connectivity index is 1.54. The van der Waals surface area contributed by atoms with Crippen molar-refractivity contribution in [2.75, 3.05) is 14.2 Å². The summed E-state index contributed by atoms with van der Waals surface area (Å²) in [7, 11) is 3.30. The number of hydrogen-bond donors (Lipinski definition) is 0. The van der Waals surface area contributed by atoms with E-state index in [4.69, 9.17) is 14.5 Å². The number of fused-ring (bicyclic) bond motifs is 1. The fraction of sp³-hybridized carbons (Fsp3) is 0.167. The maximum atomic E-state index is 5.49. The highest BCUT2D eigenvalue weighted by atomic mass is 32.2. The summed E-state index contributed by atoms with van der Waals surface area (Å²) in [6.45, 7) is 0. The molecule has 0 aliphatic carbocycles. The van der Waals surface area contributed by atoms with E-state index in [1.165, 1.54) is 0 Å². The molecular formula is C18H15N3O2S3. The minimum Gasteiger partial charge on any atom is -0.497 e. The maximum Gasteiger partial charge on any atom is 0.132 e. The SMILES string of the molecule is COc1ccc(-c2nc(CSc3ncnc4ccsc34)cs2)c(OC)c1. The molecular weight excluding hydrogens is 386 g/mol. The van der Waals surface area contributed by atoms with Gasteiger partial charge in [-0.15, -0.1) is 22.7 Å². The van der Waals surface area contributed by atoms with Crippen LogP contribution in [0.25, 0.3) is 20.8 Å². The summed E-state index contributed by atoms with van der Waals surface area (Å²) < 4.78 is 11.9. The first kappa shape index (κ1) is 17.3. The summed E-state index contributed by atoms with van der Waals surface area (Å²) in [5.74, 6) is 2.29. The predicted octanol–water partition coefficient (Wildman–Crippen LogP) is 5.12. The lowest BCUT2D eigenvalue weighted by atomic mass is 10.2. The lowest BCUT2D eigenvalue weighted by molar-refractivity contribution is 0.395. The lowest BCUT2D eigenvalue weighted by Gasteiger charge is -2.08.